The van der Waals surface area contributed by atoms with Gasteiger partial charge in [0.1, 0.15) is 0 Å². The van der Waals surface area contributed by atoms with Crippen LogP contribution in [0.15, 0.2) is 24.3 Å². The van der Waals surface area contributed by atoms with Gasteiger partial charge in [-0.25, -0.2) is 4.79 Å². The first-order valence-electron chi connectivity index (χ1n) is 4.85. The fourth-order valence-electron chi connectivity index (χ4n) is 1.71. The molecule has 1 aliphatic rings. The van der Waals surface area contributed by atoms with E-state index in [9.17, 15) is 4.79 Å². The smallest absolute Gasteiger partial charge is 0.414 e. The molecule has 14 heavy (non-hydrogen) atoms. The molecule has 1 amide bonds. The number of hydrogen-bond donors (Lipinski definition) is 0. The van der Waals surface area contributed by atoms with E-state index in [4.69, 9.17) is 4.74 Å². The van der Waals surface area contributed by atoms with Crippen molar-refractivity contribution in [3.05, 3.63) is 29.8 Å². The number of nitrogens with zero attached hydrogens (tertiary/aromatic N) is 1. The number of ether oxygens (including phenoxy) is 1. The van der Waals surface area contributed by atoms with E-state index in [1.54, 1.807) is 4.90 Å². The van der Waals surface area contributed by atoms with Crippen LogP contribution in [0.2, 0.25) is 0 Å². The summed E-state index contributed by atoms with van der Waals surface area (Å²) in [7, 11) is 0. The van der Waals surface area contributed by atoms with E-state index in [1.165, 1.54) is 5.56 Å². The number of fused-ring (bicyclic) bond motifs is 1. The number of carbonyl (C=O) groups is 1. The molecule has 0 spiro atoms. The largest absolute Gasteiger partial charge is 0.449 e. The fourth-order valence-corrected chi connectivity index (χ4v) is 1.71. The lowest BCUT2D eigenvalue weighted by molar-refractivity contribution is 0.157. The first-order valence-corrected chi connectivity index (χ1v) is 4.85. The SMILES string of the molecule is CCN1C(=O)OCCc2ccccc21. The lowest BCUT2D eigenvalue weighted by Gasteiger charge is -2.19. The molecular weight excluding hydrogens is 178 g/mol. The van der Waals surface area contributed by atoms with E-state index < -0.39 is 0 Å². The Bertz CT molecular complexity index is 349. The third-order valence-electron chi connectivity index (χ3n) is 2.42. The van der Waals surface area contributed by atoms with Gasteiger partial charge in [0.2, 0.25) is 0 Å². The number of cyclic esters (lactones) is 1. The first-order chi connectivity index (χ1) is 6.83. The van der Waals surface area contributed by atoms with Crippen molar-refractivity contribution < 1.29 is 9.53 Å². The van der Waals surface area contributed by atoms with Crippen LogP contribution in [0, 0.1) is 0 Å². The molecule has 0 bridgehead atoms. The van der Waals surface area contributed by atoms with Crippen LogP contribution in [0.3, 0.4) is 0 Å². The van der Waals surface area contributed by atoms with Crippen LogP contribution in [-0.2, 0) is 11.2 Å². The molecular formula is C11H13NO2. The Labute approximate surface area is 83.3 Å². The van der Waals surface area contributed by atoms with Gasteiger partial charge in [-0.15, -0.1) is 0 Å². The van der Waals surface area contributed by atoms with Crippen LogP contribution < -0.4 is 4.90 Å². The van der Waals surface area contributed by atoms with Crippen molar-refractivity contribution in [1.82, 2.24) is 0 Å². The molecule has 1 aromatic rings. The topological polar surface area (TPSA) is 29.5 Å². The second kappa shape index (κ2) is 3.70. The van der Waals surface area contributed by atoms with Gasteiger partial charge in [-0.2, -0.15) is 0 Å². The monoisotopic (exact) mass is 191 g/mol. The molecule has 1 aromatic carbocycles. The Morgan fingerprint density at radius 2 is 2.21 bits per heavy atom. The highest BCUT2D eigenvalue weighted by Gasteiger charge is 2.21. The molecule has 0 saturated carbocycles. The van der Waals surface area contributed by atoms with Crippen LogP contribution in [0.5, 0.6) is 0 Å². The summed E-state index contributed by atoms with van der Waals surface area (Å²) >= 11 is 0. The lowest BCUT2D eigenvalue weighted by atomic mass is 10.1. The number of para-hydroxylation sites is 1. The second-order valence-corrected chi connectivity index (χ2v) is 3.24. The van der Waals surface area contributed by atoms with Gasteiger partial charge in [-0.3, -0.25) is 4.90 Å². The number of hydrogen-bond acceptors (Lipinski definition) is 2. The summed E-state index contributed by atoms with van der Waals surface area (Å²) in [6.45, 7) is 3.07. The summed E-state index contributed by atoms with van der Waals surface area (Å²) in [4.78, 5) is 13.2. The van der Waals surface area contributed by atoms with Crippen molar-refractivity contribution in [2.24, 2.45) is 0 Å². The molecule has 0 atom stereocenters. The van der Waals surface area contributed by atoms with Crippen LogP contribution in [0.1, 0.15) is 12.5 Å². The summed E-state index contributed by atoms with van der Waals surface area (Å²) in [6.07, 6.45) is 0.566. The maximum absolute atomic E-state index is 11.5. The van der Waals surface area contributed by atoms with Crippen molar-refractivity contribution in [1.29, 1.82) is 0 Å². The molecule has 2 rings (SSSR count). The molecule has 3 heteroatoms. The molecule has 0 fully saturated rings. The summed E-state index contributed by atoms with van der Waals surface area (Å²) in [5.41, 5.74) is 2.16. The normalized spacial score (nSPS) is 15.8. The Balaban J connectivity index is 2.44. The minimum Gasteiger partial charge on any atom is -0.449 e. The van der Waals surface area contributed by atoms with Crippen molar-refractivity contribution in [3.8, 4) is 0 Å². The zero-order valence-electron chi connectivity index (χ0n) is 8.19. The van der Waals surface area contributed by atoms with Gasteiger partial charge in [-0.1, -0.05) is 18.2 Å². The highest BCUT2D eigenvalue weighted by Crippen LogP contribution is 2.23. The summed E-state index contributed by atoms with van der Waals surface area (Å²) < 4.78 is 5.08. The zero-order chi connectivity index (χ0) is 9.97. The zero-order valence-corrected chi connectivity index (χ0v) is 8.19. The standard InChI is InChI=1S/C11H13NO2/c1-2-12-10-6-4-3-5-9(10)7-8-14-11(12)13/h3-6H,2,7-8H2,1H3. The molecule has 0 saturated heterocycles. The average molecular weight is 191 g/mol. The first kappa shape index (κ1) is 9.06. The maximum atomic E-state index is 11.5. The van der Waals surface area contributed by atoms with Crippen LogP contribution >= 0.6 is 0 Å². The van der Waals surface area contributed by atoms with E-state index in [0.717, 1.165) is 12.1 Å². The van der Waals surface area contributed by atoms with Gasteiger partial charge in [0.25, 0.3) is 0 Å². The lowest BCUT2D eigenvalue weighted by Crippen LogP contribution is -2.30. The maximum Gasteiger partial charge on any atom is 0.414 e. The molecule has 74 valence electrons. The Morgan fingerprint density at radius 3 is 3.00 bits per heavy atom. The molecule has 0 N–H and O–H groups in total. The highest BCUT2D eigenvalue weighted by molar-refractivity contribution is 5.89. The number of rotatable bonds is 1. The number of benzene rings is 1. The highest BCUT2D eigenvalue weighted by atomic mass is 16.6. The van der Waals surface area contributed by atoms with Gasteiger partial charge in [-0.05, 0) is 18.6 Å². The number of amides is 1. The second-order valence-electron chi connectivity index (χ2n) is 3.24. The summed E-state index contributed by atoms with van der Waals surface area (Å²) in [6, 6.07) is 7.94. The van der Waals surface area contributed by atoms with E-state index in [2.05, 4.69) is 0 Å². The average Bonchev–Trinajstić information content (AvgIpc) is 2.36. The molecule has 0 aliphatic carbocycles. The van der Waals surface area contributed by atoms with Crippen LogP contribution in [0.4, 0.5) is 10.5 Å². The summed E-state index contributed by atoms with van der Waals surface area (Å²) in [5.74, 6) is 0. The third kappa shape index (κ3) is 1.45. The molecule has 1 aliphatic heterocycles. The number of anilines is 1. The Hall–Kier alpha value is -1.51. The van der Waals surface area contributed by atoms with E-state index in [1.807, 2.05) is 31.2 Å². The van der Waals surface area contributed by atoms with Gasteiger partial charge in [0, 0.05) is 13.0 Å². The van der Waals surface area contributed by atoms with Crippen molar-refractivity contribution in [2.45, 2.75) is 13.3 Å². The molecule has 3 nitrogen and oxygen atoms in total. The predicted octanol–water partition coefficient (Wildman–Crippen LogP) is 2.21. The van der Waals surface area contributed by atoms with Crippen molar-refractivity contribution >= 4 is 11.8 Å². The fraction of sp³-hybridized carbons (Fsp3) is 0.364. The van der Waals surface area contributed by atoms with Crippen molar-refractivity contribution in [3.63, 3.8) is 0 Å². The van der Waals surface area contributed by atoms with Gasteiger partial charge in [0.05, 0.1) is 12.3 Å². The van der Waals surface area contributed by atoms with Gasteiger partial charge in [0.15, 0.2) is 0 Å². The number of carbonyl (C=O) groups excluding carboxylic acids is 1. The minimum absolute atomic E-state index is 0.238. The van der Waals surface area contributed by atoms with Crippen LogP contribution in [-0.4, -0.2) is 19.2 Å². The van der Waals surface area contributed by atoms with Gasteiger partial charge < -0.3 is 4.74 Å². The van der Waals surface area contributed by atoms with E-state index in [0.29, 0.717) is 13.2 Å². The Morgan fingerprint density at radius 1 is 1.43 bits per heavy atom. The quantitative estimate of drug-likeness (QED) is 0.681. The molecule has 1 heterocycles. The third-order valence-corrected chi connectivity index (χ3v) is 2.42. The van der Waals surface area contributed by atoms with Crippen molar-refractivity contribution in [2.75, 3.05) is 18.1 Å². The summed E-state index contributed by atoms with van der Waals surface area (Å²) in [5, 5.41) is 0. The Kier molecular flexibility index (Phi) is 2.39. The minimum atomic E-state index is -0.238. The van der Waals surface area contributed by atoms with E-state index >= 15 is 0 Å². The predicted molar refractivity (Wildman–Crippen MR) is 54.5 cm³/mol. The van der Waals surface area contributed by atoms with Gasteiger partial charge >= 0.3 is 6.09 Å². The molecule has 0 unspecified atom stereocenters. The molecule has 0 radical (unpaired) electrons. The molecule has 0 aromatic heterocycles. The van der Waals surface area contributed by atoms with Crippen LogP contribution in [0.25, 0.3) is 0 Å². The van der Waals surface area contributed by atoms with E-state index in [-0.39, 0.29) is 6.09 Å².